The van der Waals surface area contributed by atoms with E-state index in [1.54, 1.807) is 31.4 Å². The normalized spacial score (nSPS) is 12.8. The van der Waals surface area contributed by atoms with E-state index in [0.717, 1.165) is 28.5 Å². The highest BCUT2D eigenvalue weighted by molar-refractivity contribution is 8.01. The molecule has 1 fully saturated rings. The van der Waals surface area contributed by atoms with E-state index in [4.69, 9.17) is 9.47 Å². The second-order valence-electron chi connectivity index (χ2n) is 7.17. The molecular weight excluding hydrogens is 446 g/mol. The van der Waals surface area contributed by atoms with Crippen molar-refractivity contribution >= 4 is 39.9 Å². The number of ether oxygens (including phenoxy) is 2. The topological polar surface area (TPSA) is 89.5 Å². The van der Waals surface area contributed by atoms with Crippen LogP contribution < -0.4 is 20.1 Å². The van der Waals surface area contributed by atoms with E-state index in [0.29, 0.717) is 28.2 Å². The Balaban J connectivity index is 1.41. The molecule has 1 heterocycles. The summed E-state index contributed by atoms with van der Waals surface area (Å²) in [4.78, 5) is 29.2. The first-order valence-corrected chi connectivity index (χ1v) is 12.0. The molecule has 2 N–H and O–H groups in total. The summed E-state index contributed by atoms with van der Waals surface area (Å²) in [6.45, 7) is -0.134. The van der Waals surface area contributed by atoms with Crippen LogP contribution >= 0.6 is 23.1 Å². The van der Waals surface area contributed by atoms with Gasteiger partial charge in [-0.3, -0.25) is 9.59 Å². The lowest BCUT2D eigenvalue weighted by atomic mass is 10.2. The van der Waals surface area contributed by atoms with Crippen LogP contribution in [0.4, 0.5) is 5.00 Å². The van der Waals surface area contributed by atoms with Gasteiger partial charge in [0.05, 0.1) is 12.9 Å². The van der Waals surface area contributed by atoms with Gasteiger partial charge in [-0.1, -0.05) is 53.4 Å². The summed E-state index contributed by atoms with van der Waals surface area (Å²) in [5, 5.41) is 6.51. The number of anilines is 1. The molecule has 1 aromatic heterocycles. The number of carbonyl (C=O) groups excluding carboxylic acids is 2. The average molecular weight is 470 g/mol. The number of nitrogens with one attached hydrogen (secondary N) is 2. The van der Waals surface area contributed by atoms with Gasteiger partial charge in [0.1, 0.15) is 22.2 Å². The molecule has 4 rings (SSSR count). The van der Waals surface area contributed by atoms with Gasteiger partial charge < -0.3 is 20.1 Å². The van der Waals surface area contributed by atoms with Crippen molar-refractivity contribution < 1.29 is 19.1 Å². The number of carbonyl (C=O) groups is 2. The maximum absolute atomic E-state index is 12.5. The zero-order valence-corrected chi connectivity index (χ0v) is 19.1. The molecule has 1 aliphatic carbocycles. The molecule has 32 heavy (non-hydrogen) atoms. The third kappa shape index (κ3) is 6.24. The Morgan fingerprint density at radius 3 is 2.47 bits per heavy atom. The number of methoxy groups -OCH3 is 1. The molecule has 166 valence electrons. The summed E-state index contributed by atoms with van der Waals surface area (Å²) in [5.41, 5.74) is 1.57. The van der Waals surface area contributed by atoms with Crippen LogP contribution in [0.5, 0.6) is 11.5 Å². The Hall–Kier alpha value is -3.04. The van der Waals surface area contributed by atoms with Gasteiger partial charge in [0, 0.05) is 11.6 Å². The summed E-state index contributed by atoms with van der Waals surface area (Å²) >= 11 is 2.72. The fraction of sp³-hybridized carbons (Fsp3) is 0.261. The largest absolute Gasteiger partial charge is 0.497 e. The second-order valence-corrected chi connectivity index (χ2v) is 9.39. The smallest absolute Gasteiger partial charge is 0.262 e. The molecule has 2 amide bonds. The van der Waals surface area contributed by atoms with Gasteiger partial charge in [-0.2, -0.15) is 0 Å². The fourth-order valence-electron chi connectivity index (χ4n) is 2.85. The molecule has 0 aliphatic heterocycles. The molecule has 3 aromatic rings. The summed E-state index contributed by atoms with van der Waals surface area (Å²) < 4.78 is 11.4. The van der Waals surface area contributed by atoms with Crippen molar-refractivity contribution in [2.24, 2.45) is 0 Å². The molecule has 0 radical (unpaired) electrons. The van der Waals surface area contributed by atoms with E-state index >= 15 is 0 Å². The fourth-order valence-corrected chi connectivity index (χ4v) is 4.74. The van der Waals surface area contributed by atoms with Crippen molar-refractivity contribution in [1.29, 1.82) is 0 Å². The number of thioether (sulfide) groups is 1. The highest BCUT2D eigenvalue weighted by Gasteiger charge is 2.23. The van der Waals surface area contributed by atoms with Crippen molar-refractivity contribution in [3.8, 4) is 22.8 Å². The third-order valence-electron chi connectivity index (χ3n) is 4.61. The van der Waals surface area contributed by atoms with Crippen molar-refractivity contribution in [2.75, 3.05) is 24.8 Å². The molecule has 0 saturated heterocycles. The standard InChI is InChI=1S/C23H23N3O4S2/c1-29-17-9-11-18(12-10-17)30-13-19(27)25-22-21(15-5-3-2-4-6-15)26-23(32-22)31-14-20(28)24-16-7-8-16/h2-6,9-12,16H,7-8,13-14H2,1H3,(H,24,28)(H,25,27). The molecule has 0 unspecified atom stereocenters. The molecule has 9 heteroatoms. The number of thiazole rings is 1. The van der Waals surface area contributed by atoms with E-state index in [1.807, 2.05) is 30.3 Å². The predicted molar refractivity (Wildman–Crippen MR) is 127 cm³/mol. The van der Waals surface area contributed by atoms with Crippen molar-refractivity contribution in [1.82, 2.24) is 10.3 Å². The maximum atomic E-state index is 12.5. The highest BCUT2D eigenvalue weighted by atomic mass is 32.2. The van der Waals surface area contributed by atoms with Gasteiger partial charge in [-0.25, -0.2) is 4.98 Å². The van der Waals surface area contributed by atoms with Crippen LogP contribution in [0, 0.1) is 0 Å². The summed E-state index contributed by atoms with van der Waals surface area (Å²) in [6, 6.07) is 17.0. The van der Waals surface area contributed by atoms with Crippen LogP contribution in [0.2, 0.25) is 0 Å². The first-order chi connectivity index (χ1) is 15.6. The lowest BCUT2D eigenvalue weighted by Crippen LogP contribution is -2.26. The summed E-state index contributed by atoms with van der Waals surface area (Å²) in [6.07, 6.45) is 2.11. The maximum Gasteiger partial charge on any atom is 0.262 e. The van der Waals surface area contributed by atoms with Gasteiger partial charge in [-0.05, 0) is 37.1 Å². The minimum atomic E-state index is -0.287. The zero-order valence-electron chi connectivity index (χ0n) is 17.5. The van der Waals surface area contributed by atoms with Crippen LogP contribution in [-0.4, -0.2) is 42.3 Å². The van der Waals surface area contributed by atoms with E-state index in [2.05, 4.69) is 15.6 Å². The lowest BCUT2D eigenvalue weighted by Gasteiger charge is -2.08. The van der Waals surface area contributed by atoms with E-state index in [1.165, 1.54) is 23.1 Å². The quantitative estimate of drug-likeness (QED) is 0.433. The molecular formula is C23H23N3O4S2. The van der Waals surface area contributed by atoms with Gasteiger partial charge in [0.25, 0.3) is 5.91 Å². The Bertz CT molecular complexity index is 1070. The lowest BCUT2D eigenvalue weighted by molar-refractivity contribution is -0.119. The Labute approximate surface area is 194 Å². The number of nitrogens with zero attached hydrogens (tertiary/aromatic N) is 1. The minimum absolute atomic E-state index is 0.00689. The van der Waals surface area contributed by atoms with Gasteiger partial charge >= 0.3 is 0 Å². The van der Waals surface area contributed by atoms with Crippen LogP contribution in [0.25, 0.3) is 11.3 Å². The van der Waals surface area contributed by atoms with E-state index in [-0.39, 0.29) is 18.4 Å². The number of hydrogen-bond acceptors (Lipinski definition) is 7. The number of hydrogen-bond donors (Lipinski definition) is 2. The first-order valence-electron chi connectivity index (χ1n) is 10.2. The van der Waals surface area contributed by atoms with Crippen LogP contribution in [0.1, 0.15) is 12.8 Å². The molecule has 0 atom stereocenters. The second kappa shape index (κ2) is 10.5. The van der Waals surface area contributed by atoms with Crippen LogP contribution in [-0.2, 0) is 9.59 Å². The van der Waals surface area contributed by atoms with E-state index in [9.17, 15) is 9.59 Å². The highest BCUT2D eigenvalue weighted by Crippen LogP contribution is 2.37. The molecule has 1 saturated carbocycles. The van der Waals surface area contributed by atoms with Crippen molar-refractivity contribution in [2.45, 2.75) is 23.2 Å². The Morgan fingerprint density at radius 1 is 1.06 bits per heavy atom. The molecule has 0 spiro atoms. The third-order valence-corrected chi connectivity index (χ3v) is 6.72. The van der Waals surface area contributed by atoms with Crippen molar-refractivity contribution in [3.63, 3.8) is 0 Å². The Morgan fingerprint density at radius 2 is 1.78 bits per heavy atom. The Kier molecular flexibility index (Phi) is 7.28. The summed E-state index contributed by atoms with van der Waals surface area (Å²) in [7, 11) is 1.59. The predicted octanol–water partition coefficient (Wildman–Crippen LogP) is 4.21. The van der Waals surface area contributed by atoms with Crippen LogP contribution in [0.15, 0.2) is 58.9 Å². The average Bonchev–Trinajstić information content (AvgIpc) is 3.54. The molecule has 1 aliphatic rings. The molecule has 7 nitrogen and oxygen atoms in total. The van der Waals surface area contributed by atoms with Gasteiger partial charge in [-0.15, -0.1) is 0 Å². The van der Waals surface area contributed by atoms with Crippen LogP contribution in [0.3, 0.4) is 0 Å². The first kappa shape index (κ1) is 22.2. The van der Waals surface area contributed by atoms with Crippen molar-refractivity contribution in [3.05, 3.63) is 54.6 Å². The van der Waals surface area contributed by atoms with Gasteiger partial charge in [0.15, 0.2) is 10.9 Å². The van der Waals surface area contributed by atoms with E-state index < -0.39 is 0 Å². The van der Waals surface area contributed by atoms with Gasteiger partial charge in [0.2, 0.25) is 5.91 Å². The summed E-state index contributed by atoms with van der Waals surface area (Å²) in [5.74, 6) is 1.31. The number of amides is 2. The number of aromatic nitrogens is 1. The SMILES string of the molecule is COc1ccc(OCC(=O)Nc2sc(SCC(=O)NC3CC3)nc2-c2ccccc2)cc1. The monoisotopic (exact) mass is 469 g/mol. The minimum Gasteiger partial charge on any atom is -0.497 e. The molecule has 2 aromatic carbocycles. The zero-order chi connectivity index (χ0) is 22.3. The number of benzene rings is 2. The molecule has 0 bridgehead atoms. The number of rotatable bonds is 10.